The molecule has 0 fully saturated rings. The molecule has 2 nitrogen and oxygen atoms in total. The predicted molar refractivity (Wildman–Crippen MR) is 86.8 cm³/mol. The van der Waals surface area contributed by atoms with Crippen molar-refractivity contribution in [1.82, 2.24) is 0 Å². The van der Waals surface area contributed by atoms with Crippen LogP contribution >= 0.6 is 0 Å². The van der Waals surface area contributed by atoms with Gasteiger partial charge >= 0.3 is 0 Å². The summed E-state index contributed by atoms with van der Waals surface area (Å²) in [4.78, 5) is 0. The van der Waals surface area contributed by atoms with Crippen molar-refractivity contribution >= 4 is 10.8 Å². The Labute approximate surface area is 123 Å². The van der Waals surface area contributed by atoms with Crippen LogP contribution in [0.25, 0.3) is 11.1 Å². The van der Waals surface area contributed by atoms with E-state index in [1.807, 2.05) is 26.0 Å². The molecule has 0 aromatic heterocycles. The standard InChI is InChI=1S/C17H21NOS/c1-13(2)20(19)12-14-7-9-15(10-8-14)17-6-4-3-5-16(17)11-18/h3-10,13H,11-12,18H2,1-2H3. The second-order valence-corrected chi connectivity index (χ2v) is 7.12. The fourth-order valence-electron chi connectivity index (χ4n) is 2.09. The Kier molecular flexibility index (Phi) is 5.10. The van der Waals surface area contributed by atoms with Gasteiger partial charge < -0.3 is 5.73 Å². The Morgan fingerprint density at radius 2 is 1.70 bits per heavy atom. The van der Waals surface area contributed by atoms with Gasteiger partial charge in [-0.1, -0.05) is 62.4 Å². The second kappa shape index (κ2) is 6.82. The maximum Gasteiger partial charge on any atom is 0.0488 e. The van der Waals surface area contributed by atoms with Gasteiger partial charge in [0.1, 0.15) is 0 Å². The summed E-state index contributed by atoms with van der Waals surface area (Å²) in [6.07, 6.45) is 0. The fourth-order valence-corrected chi connectivity index (χ4v) is 2.95. The van der Waals surface area contributed by atoms with Crippen molar-refractivity contribution in [3.63, 3.8) is 0 Å². The summed E-state index contributed by atoms with van der Waals surface area (Å²) in [7, 11) is -0.800. The van der Waals surface area contributed by atoms with Crippen LogP contribution in [-0.4, -0.2) is 9.46 Å². The lowest BCUT2D eigenvalue weighted by molar-refractivity contribution is 0.676. The van der Waals surface area contributed by atoms with Gasteiger partial charge in [-0.05, 0) is 22.3 Å². The zero-order valence-electron chi connectivity index (χ0n) is 12.0. The molecule has 0 saturated heterocycles. The highest BCUT2D eigenvalue weighted by molar-refractivity contribution is 7.84. The predicted octanol–water partition coefficient (Wildman–Crippen LogP) is 3.47. The molecule has 0 amide bonds. The summed E-state index contributed by atoms with van der Waals surface area (Å²) in [6, 6.07) is 16.5. The summed E-state index contributed by atoms with van der Waals surface area (Å²) in [6.45, 7) is 4.51. The van der Waals surface area contributed by atoms with E-state index in [4.69, 9.17) is 5.73 Å². The van der Waals surface area contributed by atoms with Crippen molar-refractivity contribution in [1.29, 1.82) is 0 Å². The minimum Gasteiger partial charge on any atom is -0.326 e. The zero-order chi connectivity index (χ0) is 14.5. The number of benzene rings is 2. The van der Waals surface area contributed by atoms with Crippen LogP contribution in [0.3, 0.4) is 0 Å². The Bertz CT molecular complexity index is 590. The Morgan fingerprint density at radius 3 is 2.30 bits per heavy atom. The third-order valence-corrected chi connectivity index (χ3v) is 5.01. The Balaban J connectivity index is 2.22. The van der Waals surface area contributed by atoms with Crippen molar-refractivity contribution in [3.8, 4) is 11.1 Å². The molecule has 106 valence electrons. The van der Waals surface area contributed by atoms with E-state index < -0.39 is 10.8 Å². The fraction of sp³-hybridized carbons (Fsp3) is 0.294. The van der Waals surface area contributed by atoms with Gasteiger partial charge in [-0.3, -0.25) is 4.21 Å². The van der Waals surface area contributed by atoms with Gasteiger partial charge in [-0.25, -0.2) is 0 Å². The molecule has 0 saturated carbocycles. The van der Waals surface area contributed by atoms with Crippen LogP contribution in [0, 0.1) is 0 Å². The summed E-state index contributed by atoms with van der Waals surface area (Å²) < 4.78 is 11.9. The molecular weight excluding hydrogens is 266 g/mol. The zero-order valence-corrected chi connectivity index (χ0v) is 12.8. The number of hydrogen-bond acceptors (Lipinski definition) is 2. The molecule has 0 aliphatic heterocycles. The average molecular weight is 287 g/mol. The normalized spacial score (nSPS) is 12.6. The molecule has 0 aliphatic rings. The maximum absolute atomic E-state index is 11.9. The summed E-state index contributed by atoms with van der Waals surface area (Å²) in [5.41, 5.74) is 10.4. The molecule has 1 atom stereocenters. The first-order valence-corrected chi connectivity index (χ1v) is 8.24. The monoisotopic (exact) mass is 287 g/mol. The SMILES string of the molecule is CC(C)S(=O)Cc1ccc(-c2ccccc2CN)cc1. The van der Waals surface area contributed by atoms with Crippen LogP contribution in [0.4, 0.5) is 0 Å². The largest absolute Gasteiger partial charge is 0.326 e. The molecule has 0 radical (unpaired) electrons. The molecule has 0 heterocycles. The highest BCUT2D eigenvalue weighted by atomic mass is 32.2. The third-order valence-electron chi connectivity index (χ3n) is 3.34. The quantitative estimate of drug-likeness (QED) is 0.915. The van der Waals surface area contributed by atoms with Crippen molar-refractivity contribution in [2.45, 2.75) is 31.4 Å². The molecule has 0 bridgehead atoms. The first kappa shape index (κ1) is 14.9. The number of rotatable bonds is 5. The maximum atomic E-state index is 11.9. The van der Waals surface area contributed by atoms with E-state index in [1.165, 1.54) is 5.56 Å². The molecule has 1 unspecified atom stereocenters. The first-order chi connectivity index (χ1) is 9.61. The van der Waals surface area contributed by atoms with Gasteiger partial charge in [-0.2, -0.15) is 0 Å². The smallest absolute Gasteiger partial charge is 0.0488 e. The third kappa shape index (κ3) is 3.56. The lowest BCUT2D eigenvalue weighted by atomic mass is 9.99. The molecule has 2 aromatic carbocycles. The van der Waals surface area contributed by atoms with Gasteiger partial charge in [0, 0.05) is 28.3 Å². The van der Waals surface area contributed by atoms with Gasteiger partial charge in [0.15, 0.2) is 0 Å². The highest BCUT2D eigenvalue weighted by Gasteiger charge is 2.07. The summed E-state index contributed by atoms with van der Waals surface area (Å²) in [5.74, 6) is 0.622. The van der Waals surface area contributed by atoms with Crippen molar-refractivity contribution < 1.29 is 4.21 Å². The van der Waals surface area contributed by atoms with Crippen LogP contribution in [0.1, 0.15) is 25.0 Å². The summed E-state index contributed by atoms with van der Waals surface area (Å²) >= 11 is 0. The molecule has 3 heteroatoms. The van der Waals surface area contributed by atoms with Crippen molar-refractivity contribution in [2.24, 2.45) is 5.73 Å². The number of nitrogens with two attached hydrogens (primary N) is 1. The van der Waals surface area contributed by atoms with Gasteiger partial charge in [0.05, 0.1) is 0 Å². The van der Waals surface area contributed by atoms with E-state index in [9.17, 15) is 4.21 Å². The highest BCUT2D eigenvalue weighted by Crippen LogP contribution is 2.24. The number of hydrogen-bond donors (Lipinski definition) is 1. The van der Waals surface area contributed by atoms with Crippen molar-refractivity contribution in [3.05, 3.63) is 59.7 Å². The van der Waals surface area contributed by atoms with E-state index >= 15 is 0 Å². The summed E-state index contributed by atoms with van der Waals surface area (Å²) in [5, 5.41) is 0.202. The first-order valence-electron chi connectivity index (χ1n) is 6.86. The van der Waals surface area contributed by atoms with Crippen LogP contribution in [0.5, 0.6) is 0 Å². The van der Waals surface area contributed by atoms with Crippen LogP contribution in [0.2, 0.25) is 0 Å². The molecule has 0 spiro atoms. The molecule has 20 heavy (non-hydrogen) atoms. The van der Waals surface area contributed by atoms with E-state index in [0.29, 0.717) is 12.3 Å². The van der Waals surface area contributed by atoms with Crippen LogP contribution in [-0.2, 0) is 23.1 Å². The van der Waals surface area contributed by atoms with E-state index in [2.05, 4.69) is 36.4 Å². The minimum absolute atomic E-state index is 0.202. The van der Waals surface area contributed by atoms with Gasteiger partial charge in [0.2, 0.25) is 0 Å². The van der Waals surface area contributed by atoms with Crippen LogP contribution < -0.4 is 5.73 Å². The van der Waals surface area contributed by atoms with E-state index in [0.717, 1.165) is 16.7 Å². The lowest BCUT2D eigenvalue weighted by Crippen LogP contribution is -2.07. The van der Waals surface area contributed by atoms with Crippen molar-refractivity contribution in [2.75, 3.05) is 0 Å². The van der Waals surface area contributed by atoms with Crippen LogP contribution in [0.15, 0.2) is 48.5 Å². The lowest BCUT2D eigenvalue weighted by Gasteiger charge is -2.09. The van der Waals surface area contributed by atoms with Gasteiger partial charge in [0.25, 0.3) is 0 Å². The Morgan fingerprint density at radius 1 is 1.05 bits per heavy atom. The van der Waals surface area contributed by atoms with E-state index in [-0.39, 0.29) is 5.25 Å². The molecular formula is C17H21NOS. The minimum atomic E-state index is -0.800. The van der Waals surface area contributed by atoms with Gasteiger partial charge in [-0.15, -0.1) is 0 Å². The Hall–Kier alpha value is -1.45. The molecule has 2 aromatic rings. The average Bonchev–Trinajstić information content (AvgIpc) is 2.48. The topological polar surface area (TPSA) is 43.1 Å². The molecule has 0 aliphatic carbocycles. The molecule has 2 N–H and O–H groups in total. The molecule has 2 rings (SSSR count). The van der Waals surface area contributed by atoms with E-state index in [1.54, 1.807) is 0 Å². The second-order valence-electron chi connectivity index (χ2n) is 5.13.